The number of hydrogen-bond donors (Lipinski definition) is 1. The molecule has 1 heterocycles. The van der Waals surface area contributed by atoms with Crippen molar-refractivity contribution in [3.05, 3.63) is 28.8 Å². The van der Waals surface area contributed by atoms with Crippen LogP contribution in [0.25, 0.3) is 0 Å². The fourth-order valence-corrected chi connectivity index (χ4v) is 3.60. The van der Waals surface area contributed by atoms with E-state index >= 15 is 0 Å². The first-order chi connectivity index (χ1) is 10.1. The second kappa shape index (κ2) is 6.58. The third-order valence-electron chi connectivity index (χ3n) is 5.06. The molecule has 1 saturated heterocycles. The van der Waals surface area contributed by atoms with Gasteiger partial charge in [-0.2, -0.15) is 0 Å². The molecular weight excluding hydrogens is 280 g/mol. The molecule has 2 fully saturated rings. The van der Waals surface area contributed by atoms with E-state index in [2.05, 4.69) is 36.2 Å². The van der Waals surface area contributed by atoms with Crippen LogP contribution in [0, 0.1) is 11.8 Å². The zero-order valence-electron chi connectivity index (χ0n) is 13.2. The highest BCUT2D eigenvalue weighted by molar-refractivity contribution is 6.31. The maximum atomic E-state index is 6.46. The predicted octanol–water partition coefficient (Wildman–Crippen LogP) is 4.46. The lowest BCUT2D eigenvalue weighted by Crippen LogP contribution is -2.36. The second-order valence-electron chi connectivity index (χ2n) is 6.96. The summed E-state index contributed by atoms with van der Waals surface area (Å²) in [6.45, 7) is 7.94. The summed E-state index contributed by atoms with van der Waals surface area (Å²) >= 11 is 6.46. The first kappa shape index (κ1) is 15.2. The zero-order chi connectivity index (χ0) is 14.8. The fourth-order valence-electron chi connectivity index (χ4n) is 3.36. The van der Waals surface area contributed by atoms with Gasteiger partial charge in [0.25, 0.3) is 0 Å². The number of halogens is 1. The van der Waals surface area contributed by atoms with Crippen molar-refractivity contribution in [1.82, 2.24) is 5.32 Å². The van der Waals surface area contributed by atoms with Crippen LogP contribution in [-0.2, 0) is 6.54 Å². The van der Waals surface area contributed by atoms with E-state index < -0.39 is 0 Å². The molecule has 21 heavy (non-hydrogen) atoms. The quantitative estimate of drug-likeness (QED) is 0.863. The van der Waals surface area contributed by atoms with Crippen molar-refractivity contribution in [2.75, 3.05) is 18.0 Å². The highest BCUT2D eigenvalue weighted by Crippen LogP contribution is 2.33. The molecule has 0 spiro atoms. The van der Waals surface area contributed by atoms with Crippen LogP contribution < -0.4 is 10.2 Å². The number of anilines is 1. The Balaban J connectivity index is 1.70. The molecule has 1 aromatic rings. The van der Waals surface area contributed by atoms with Gasteiger partial charge in [0.15, 0.2) is 0 Å². The van der Waals surface area contributed by atoms with Crippen LogP contribution in [0.5, 0.6) is 0 Å². The Morgan fingerprint density at radius 2 is 1.90 bits per heavy atom. The van der Waals surface area contributed by atoms with Gasteiger partial charge in [0.1, 0.15) is 0 Å². The minimum absolute atomic E-state index is 0.723. The van der Waals surface area contributed by atoms with Crippen LogP contribution in [0.2, 0.25) is 5.02 Å². The van der Waals surface area contributed by atoms with Gasteiger partial charge < -0.3 is 10.2 Å². The van der Waals surface area contributed by atoms with Crippen LogP contribution in [0.4, 0.5) is 5.69 Å². The maximum Gasteiger partial charge on any atom is 0.0471 e. The summed E-state index contributed by atoms with van der Waals surface area (Å²) < 4.78 is 0. The maximum absolute atomic E-state index is 6.46. The third-order valence-corrected chi connectivity index (χ3v) is 5.42. The molecule has 0 aromatic heterocycles. The number of hydrogen-bond acceptors (Lipinski definition) is 2. The number of rotatable bonds is 5. The first-order valence-electron chi connectivity index (χ1n) is 8.41. The summed E-state index contributed by atoms with van der Waals surface area (Å²) in [5.41, 5.74) is 2.63. The van der Waals surface area contributed by atoms with Gasteiger partial charge >= 0.3 is 0 Å². The Hall–Kier alpha value is -0.730. The summed E-state index contributed by atoms with van der Waals surface area (Å²) in [6.07, 6.45) is 5.25. The fraction of sp³-hybridized carbons (Fsp3) is 0.667. The summed E-state index contributed by atoms with van der Waals surface area (Å²) in [7, 11) is 0. The third kappa shape index (κ3) is 3.73. The average molecular weight is 307 g/mol. The van der Waals surface area contributed by atoms with E-state index in [9.17, 15) is 0 Å². The van der Waals surface area contributed by atoms with Crippen molar-refractivity contribution in [2.45, 2.75) is 52.1 Å². The van der Waals surface area contributed by atoms with Crippen molar-refractivity contribution in [1.29, 1.82) is 0 Å². The van der Waals surface area contributed by atoms with Crippen LogP contribution in [0.1, 0.15) is 45.1 Å². The van der Waals surface area contributed by atoms with Gasteiger partial charge in [-0.05, 0) is 49.7 Å². The van der Waals surface area contributed by atoms with E-state index in [4.69, 9.17) is 11.6 Å². The number of piperidine rings is 1. The highest BCUT2D eigenvalue weighted by atomic mass is 35.5. The van der Waals surface area contributed by atoms with Crippen molar-refractivity contribution < 1.29 is 0 Å². The Morgan fingerprint density at radius 3 is 2.52 bits per heavy atom. The van der Waals surface area contributed by atoms with Gasteiger partial charge in [-0.25, -0.2) is 0 Å². The second-order valence-corrected chi connectivity index (χ2v) is 7.37. The SMILES string of the molecule is CC(C)C1CCN(c2cccc(Cl)c2CNC2CC2)CC1. The molecule has 1 aromatic carbocycles. The minimum Gasteiger partial charge on any atom is -0.371 e. The number of benzene rings is 1. The Morgan fingerprint density at radius 1 is 1.19 bits per heavy atom. The molecule has 1 aliphatic carbocycles. The van der Waals surface area contributed by atoms with Crippen LogP contribution >= 0.6 is 11.6 Å². The lowest BCUT2D eigenvalue weighted by molar-refractivity contribution is 0.311. The van der Waals surface area contributed by atoms with E-state index in [0.717, 1.165) is 29.4 Å². The molecule has 3 rings (SSSR count). The molecule has 1 saturated carbocycles. The van der Waals surface area contributed by atoms with Crippen molar-refractivity contribution in [2.24, 2.45) is 11.8 Å². The van der Waals surface area contributed by atoms with Crippen LogP contribution in [-0.4, -0.2) is 19.1 Å². The normalized spacial score (nSPS) is 20.3. The molecule has 0 radical (unpaired) electrons. The molecule has 3 heteroatoms. The van der Waals surface area contributed by atoms with E-state index in [-0.39, 0.29) is 0 Å². The van der Waals surface area contributed by atoms with Gasteiger partial charge in [-0.3, -0.25) is 0 Å². The molecule has 2 nitrogen and oxygen atoms in total. The average Bonchev–Trinajstić information content (AvgIpc) is 3.30. The predicted molar refractivity (Wildman–Crippen MR) is 91.1 cm³/mol. The van der Waals surface area contributed by atoms with Gasteiger partial charge in [0.2, 0.25) is 0 Å². The molecular formula is C18H27ClN2. The molecule has 0 atom stereocenters. The standard InChI is InChI=1S/C18H27ClN2/c1-13(2)14-8-10-21(11-9-14)18-5-3-4-17(19)16(18)12-20-15-6-7-15/h3-5,13-15,20H,6-12H2,1-2H3. The summed E-state index contributed by atoms with van der Waals surface area (Å²) in [5.74, 6) is 1.69. The zero-order valence-corrected chi connectivity index (χ0v) is 14.0. The van der Waals surface area contributed by atoms with Crippen molar-refractivity contribution in [3.8, 4) is 0 Å². The highest BCUT2D eigenvalue weighted by Gasteiger charge is 2.25. The Kier molecular flexibility index (Phi) is 4.75. The van der Waals surface area contributed by atoms with Gasteiger partial charge in [0.05, 0.1) is 0 Å². The molecule has 0 unspecified atom stereocenters. The smallest absolute Gasteiger partial charge is 0.0471 e. The molecule has 1 N–H and O–H groups in total. The molecule has 116 valence electrons. The summed E-state index contributed by atoms with van der Waals surface area (Å²) in [5, 5.41) is 4.52. The summed E-state index contributed by atoms with van der Waals surface area (Å²) in [6, 6.07) is 7.08. The monoisotopic (exact) mass is 306 g/mol. The Bertz CT molecular complexity index is 474. The van der Waals surface area contributed by atoms with Crippen molar-refractivity contribution >= 4 is 17.3 Å². The molecule has 0 bridgehead atoms. The molecule has 2 aliphatic rings. The van der Waals surface area contributed by atoms with Crippen LogP contribution in [0.3, 0.4) is 0 Å². The lowest BCUT2D eigenvalue weighted by atomic mass is 9.86. The van der Waals surface area contributed by atoms with Gasteiger partial charge in [-0.1, -0.05) is 31.5 Å². The summed E-state index contributed by atoms with van der Waals surface area (Å²) in [4.78, 5) is 2.54. The largest absolute Gasteiger partial charge is 0.371 e. The lowest BCUT2D eigenvalue weighted by Gasteiger charge is -2.36. The number of nitrogens with one attached hydrogen (secondary N) is 1. The van der Waals surface area contributed by atoms with Crippen LogP contribution in [0.15, 0.2) is 18.2 Å². The molecule has 0 amide bonds. The van der Waals surface area contributed by atoms with E-state index in [0.29, 0.717) is 0 Å². The van der Waals surface area contributed by atoms with E-state index in [1.807, 2.05) is 6.07 Å². The topological polar surface area (TPSA) is 15.3 Å². The van der Waals surface area contributed by atoms with Gasteiger partial charge in [-0.15, -0.1) is 0 Å². The minimum atomic E-state index is 0.723. The van der Waals surface area contributed by atoms with Crippen molar-refractivity contribution in [3.63, 3.8) is 0 Å². The van der Waals surface area contributed by atoms with E-state index in [1.165, 1.54) is 50.0 Å². The first-order valence-corrected chi connectivity index (χ1v) is 8.78. The molecule has 1 aliphatic heterocycles. The number of nitrogens with zero attached hydrogens (tertiary/aromatic N) is 1. The van der Waals surface area contributed by atoms with E-state index in [1.54, 1.807) is 0 Å². The Labute approximate surface area is 133 Å². The van der Waals surface area contributed by atoms with Gasteiger partial charge in [0, 0.05) is 41.9 Å².